The molecule has 0 aliphatic rings. The van der Waals surface area contributed by atoms with Gasteiger partial charge < -0.3 is 15.0 Å². The van der Waals surface area contributed by atoms with Gasteiger partial charge in [0.15, 0.2) is 0 Å². The van der Waals surface area contributed by atoms with E-state index in [1.165, 1.54) is 23.7 Å². The first-order valence-corrected chi connectivity index (χ1v) is 7.17. The van der Waals surface area contributed by atoms with Crippen LogP contribution in [0.1, 0.15) is 10.4 Å². The number of anilines is 1. The Morgan fingerprint density at radius 1 is 1.43 bits per heavy atom. The molecular formula is C15H17ClN4O3. The minimum atomic E-state index is -0.351. The van der Waals surface area contributed by atoms with Gasteiger partial charge in [-0.25, -0.2) is 0 Å². The Bertz CT molecular complexity index is 729. The molecule has 1 aromatic carbocycles. The van der Waals surface area contributed by atoms with Gasteiger partial charge in [-0.05, 0) is 18.2 Å². The van der Waals surface area contributed by atoms with Crippen LogP contribution in [-0.2, 0) is 11.8 Å². The van der Waals surface area contributed by atoms with Crippen molar-refractivity contribution in [3.63, 3.8) is 0 Å². The summed E-state index contributed by atoms with van der Waals surface area (Å²) < 4.78 is 6.53. The summed E-state index contributed by atoms with van der Waals surface area (Å²) in [6.07, 6.45) is 1.55. The number of benzene rings is 1. The molecule has 2 rings (SSSR count). The second-order valence-electron chi connectivity index (χ2n) is 4.95. The topological polar surface area (TPSA) is 76.5 Å². The predicted octanol–water partition coefficient (Wildman–Crippen LogP) is 1.79. The number of halogens is 1. The third kappa shape index (κ3) is 4.23. The van der Waals surface area contributed by atoms with Crippen LogP contribution in [0.2, 0.25) is 5.02 Å². The Kier molecular flexibility index (Phi) is 5.23. The monoisotopic (exact) mass is 336 g/mol. The molecule has 1 heterocycles. The molecule has 0 unspecified atom stereocenters. The molecule has 2 amide bonds. The highest BCUT2D eigenvalue weighted by Gasteiger charge is 2.21. The summed E-state index contributed by atoms with van der Waals surface area (Å²) in [5.74, 6) is -0.457. The van der Waals surface area contributed by atoms with Crippen molar-refractivity contribution in [3.05, 3.63) is 41.0 Å². The van der Waals surface area contributed by atoms with Crippen molar-refractivity contribution >= 4 is 29.1 Å². The Morgan fingerprint density at radius 3 is 2.83 bits per heavy atom. The van der Waals surface area contributed by atoms with Crippen LogP contribution in [-0.4, -0.2) is 47.2 Å². The number of hydrogen-bond acceptors (Lipinski definition) is 4. The lowest BCUT2D eigenvalue weighted by atomic mass is 10.3. The Hall–Kier alpha value is -2.54. The van der Waals surface area contributed by atoms with Crippen molar-refractivity contribution < 1.29 is 14.3 Å². The largest absolute Gasteiger partial charge is 0.479 e. The third-order valence-corrected chi connectivity index (χ3v) is 3.29. The fourth-order valence-corrected chi connectivity index (χ4v) is 2.22. The number of carbonyl (C=O) groups excluding carboxylic acids is 2. The van der Waals surface area contributed by atoms with Crippen LogP contribution in [0.5, 0.6) is 5.88 Å². The zero-order chi connectivity index (χ0) is 17.0. The van der Waals surface area contributed by atoms with Crippen LogP contribution in [0.3, 0.4) is 0 Å². The quantitative estimate of drug-likeness (QED) is 0.903. The average molecular weight is 337 g/mol. The number of rotatable bonds is 5. The summed E-state index contributed by atoms with van der Waals surface area (Å²) in [7, 11) is 4.66. The molecule has 7 nitrogen and oxygen atoms in total. The van der Waals surface area contributed by atoms with Crippen molar-refractivity contribution in [2.45, 2.75) is 0 Å². The maximum atomic E-state index is 12.4. The molecule has 0 saturated heterocycles. The van der Waals surface area contributed by atoms with Gasteiger partial charge >= 0.3 is 0 Å². The second kappa shape index (κ2) is 7.15. The molecule has 8 heteroatoms. The van der Waals surface area contributed by atoms with Gasteiger partial charge in [-0.1, -0.05) is 17.7 Å². The van der Waals surface area contributed by atoms with Crippen molar-refractivity contribution in [2.75, 3.05) is 26.0 Å². The first-order chi connectivity index (χ1) is 10.9. The molecule has 0 atom stereocenters. The maximum Gasteiger partial charge on any atom is 0.261 e. The summed E-state index contributed by atoms with van der Waals surface area (Å²) in [6, 6.07) is 6.79. The molecule has 0 radical (unpaired) electrons. The highest BCUT2D eigenvalue weighted by Crippen LogP contribution is 2.17. The molecule has 1 N–H and O–H groups in total. The zero-order valence-corrected chi connectivity index (χ0v) is 13.8. The van der Waals surface area contributed by atoms with E-state index in [2.05, 4.69) is 10.4 Å². The van der Waals surface area contributed by atoms with E-state index in [1.807, 2.05) is 0 Å². The molecule has 0 fully saturated rings. The molecule has 2 aromatic rings. The number of likely N-dealkylation sites (N-methyl/N-ethyl adjacent to an activating group) is 1. The first-order valence-electron chi connectivity index (χ1n) is 6.79. The van der Waals surface area contributed by atoms with Gasteiger partial charge in [0.2, 0.25) is 11.8 Å². The molecule has 122 valence electrons. The zero-order valence-electron chi connectivity index (χ0n) is 13.0. The van der Waals surface area contributed by atoms with Gasteiger partial charge in [0, 0.05) is 31.0 Å². The van der Waals surface area contributed by atoms with Gasteiger partial charge in [-0.15, -0.1) is 5.10 Å². The van der Waals surface area contributed by atoms with E-state index in [-0.39, 0.29) is 24.2 Å². The number of nitrogens with one attached hydrogen (secondary N) is 1. The van der Waals surface area contributed by atoms with Crippen LogP contribution in [0.15, 0.2) is 30.5 Å². The standard InChI is InChI=1S/C15H17ClN4O3/c1-19(15(22)12-8-20(2)18-14(12)23-3)9-13(21)17-11-6-4-5-10(16)7-11/h4-8H,9H2,1-3H3,(H,17,21). The summed E-state index contributed by atoms with van der Waals surface area (Å²) >= 11 is 5.86. The highest BCUT2D eigenvalue weighted by molar-refractivity contribution is 6.30. The fourth-order valence-electron chi connectivity index (χ4n) is 2.03. The number of nitrogens with zero attached hydrogens (tertiary/aromatic N) is 3. The van der Waals surface area contributed by atoms with E-state index in [9.17, 15) is 9.59 Å². The second-order valence-corrected chi connectivity index (χ2v) is 5.38. The molecule has 1 aromatic heterocycles. The van der Waals surface area contributed by atoms with Gasteiger partial charge in [0.25, 0.3) is 5.91 Å². The number of carbonyl (C=O) groups is 2. The van der Waals surface area contributed by atoms with Crippen LogP contribution in [0.4, 0.5) is 5.69 Å². The fraction of sp³-hybridized carbons (Fsp3) is 0.267. The smallest absolute Gasteiger partial charge is 0.261 e. The molecule has 0 bridgehead atoms. The third-order valence-electron chi connectivity index (χ3n) is 3.05. The molecule has 0 aliphatic heterocycles. The molecular weight excluding hydrogens is 320 g/mol. The number of aryl methyl sites for hydroxylation is 1. The van der Waals surface area contributed by atoms with Gasteiger partial charge in [0.05, 0.1) is 13.7 Å². The van der Waals surface area contributed by atoms with Crippen LogP contribution in [0.25, 0.3) is 0 Å². The van der Waals surface area contributed by atoms with E-state index in [4.69, 9.17) is 16.3 Å². The average Bonchev–Trinajstić information content (AvgIpc) is 2.87. The van der Waals surface area contributed by atoms with Gasteiger partial charge in [0.1, 0.15) is 5.56 Å². The number of ether oxygens (including phenoxy) is 1. The van der Waals surface area contributed by atoms with Crippen LogP contribution < -0.4 is 10.1 Å². The lowest BCUT2D eigenvalue weighted by molar-refractivity contribution is -0.116. The maximum absolute atomic E-state index is 12.4. The lowest BCUT2D eigenvalue weighted by Crippen LogP contribution is -2.35. The number of amides is 2. The first kappa shape index (κ1) is 16.8. The Balaban J connectivity index is 2.01. The van der Waals surface area contributed by atoms with Crippen molar-refractivity contribution in [1.29, 1.82) is 0 Å². The van der Waals surface area contributed by atoms with E-state index in [1.54, 1.807) is 37.5 Å². The van der Waals surface area contributed by atoms with Crippen LogP contribution in [0, 0.1) is 0 Å². The SMILES string of the molecule is COc1nn(C)cc1C(=O)N(C)CC(=O)Nc1cccc(Cl)c1. The van der Waals surface area contributed by atoms with Crippen molar-refractivity contribution in [1.82, 2.24) is 14.7 Å². The molecule has 0 saturated carbocycles. The summed E-state index contributed by atoms with van der Waals surface area (Å²) in [4.78, 5) is 25.7. The summed E-state index contributed by atoms with van der Waals surface area (Å²) in [5, 5.41) is 7.23. The minimum absolute atomic E-state index is 0.108. The van der Waals surface area contributed by atoms with E-state index >= 15 is 0 Å². The van der Waals surface area contributed by atoms with E-state index < -0.39 is 0 Å². The van der Waals surface area contributed by atoms with Crippen molar-refractivity contribution in [3.8, 4) is 5.88 Å². The predicted molar refractivity (Wildman–Crippen MR) is 86.8 cm³/mol. The van der Waals surface area contributed by atoms with Gasteiger partial charge in [-0.2, -0.15) is 0 Å². The number of methoxy groups -OCH3 is 1. The summed E-state index contributed by atoms with van der Waals surface area (Å²) in [6.45, 7) is -0.108. The van der Waals surface area contributed by atoms with Gasteiger partial charge in [-0.3, -0.25) is 14.3 Å². The molecule has 0 aliphatic carbocycles. The van der Waals surface area contributed by atoms with Crippen LogP contribution >= 0.6 is 11.6 Å². The lowest BCUT2D eigenvalue weighted by Gasteiger charge is -2.16. The minimum Gasteiger partial charge on any atom is -0.479 e. The Morgan fingerprint density at radius 2 is 2.17 bits per heavy atom. The Labute approximate surface area is 138 Å². The number of aromatic nitrogens is 2. The number of hydrogen-bond donors (Lipinski definition) is 1. The van der Waals surface area contributed by atoms with E-state index in [0.29, 0.717) is 16.3 Å². The molecule has 23 heavy (non-hydrogen) atoms. The normalized spacial score (nSPS) is 10.3. The van der Waals surface area contributed by atoms with Crippen molar-refractivity contribution in [2.24, 2.45) is 7.05 Å². The molecule has 0 spiro atoms. The summed E-state index contributed by atoms with van der Waals surface area (Å²) in [5.41, 5.74) is 0.871. The van der Waals surface area contributed by atoms with E-state index in [0.717, 1.165) is 0 Å². The highest BCUT2D eigenvalue weighted by atomic mass is 35.5.